The molecule has 2 aliphatic heterocycles. The van der Waals surface area contributed by atoms with Crippen molar-refractivity contribution in [1.82, 2.24) is 30.6 Å². The molecule has 134 valence electrons. The van der Waals surface area contributed by atoms with Gasteiger partial charge in [0.2, 0.25) is 0 Å². The van der Waals surface area contributed by atoms with Gasteiger partial charge in [0, 0.05) is 25.0 Å². The van der Waals surface area contributed by atoms with E-state index in [1.54, 1.807) is 18.1 Å². The molecule has 2 aromatic rings. The van der Waals surface area contributed by atoms with Crippen molar-refractivity contribution in [3.8, 4) is 0 Å². The smallest absolute Gasteiger partial charge is 0.259 e. The molecule has 1 saturated heterocycles. The van der Waals surface area contributed by atoms with Crippen LogP contribution >= 0.6 is 24.2 Å². The van der Waals surface area contributed by atoms with E-state index < -0.39 is 0 Å². The monoisotopic (exact) mass is 381 g/mol. The molecule has 1 amide bonds. The Hall–Kier alpha value is -1.84. The first-order valence-electron chi connectivity index (χ1n) is 8.05. The first-order chi connectivity index (χ1) is 11.8. The van der Waals surface area contributed by atoms with Gasteiger partial charge in [-0.1, -0.05) is 0 Å². The predicted octanol–water partition coefficient (Wildman–Crippen LogP) is 0.895. The van der Waals surface area contributed by atoms with Gasteiger partial charge in [-0.25, -0.2) is 15.0 Å². The second kappa shape index (κ2) is 8.03. The van der Waals surface area contributed by atoms with Gasteiger partial charge in [0.1, 0.15) is 11.8 Å². The Labute approximate surface area is 155 Å². The molecule has 2 aliphatic rings. The van der Waals surface area contributed by atoms with Gasteiger partial charge in [0.05, 0.1) is 11.2 Å². The Bertz CT molecular complexity index is 774. The van der Waals surface area contributed by atoms with Gasteiger partial charge >= 0.3 is 0 Å². The van der Waals surface area contributed by atoms with Crippen LogP contribution in [0.3, 0.4) is 0 Å². The Morgan fingerprint density at radius 2 is 2.32 bits per heavy atom. The normalized spacial score (nSPS) is 20.2. The molecule has 3 N–H and O–H groups in total. The van der Waals surface area contributed by atoms with E-state index in [2.05, 4.69) is 30.6 Å². The molecule has 0 aromatic carbocycles. The average Bonchev–Trinajstić information content (AvgIpc) is 3.30. The highest BCUT2D eigenvalue weighted by Crippen LogP contribution is 2.27. The van der Waals surface area contributed by atoms with Crippen LogP contribution < -0.4 is 15.5 Å². The van der Waals surface area contributed by atoms with Gasteiger partial charge < -0.3 is 20.5 Å². The summed E-state index contributed by atoms with van der Waals surface area (Å²) in [7, 11) is 0. The fraction of sp³-hybridized carbons (Fsp3) is 0.467. The summed E-state index contributed by atoms with van der Waals surface area (Å²) in [6.45, 7) is 3.54. The maximum Gasteiger partial charge on any atom is 0.259 e. The second-order valence-electron chi connectivity index (χ2n) is 5.90. The number of aromatic amines is 1. The van der Waals surface area contributed by atoms with E-state index in [9.17, 15) is 4.79 Å². The highest BCUT2D eigenvalue weighted by Gasteiger charge is 2.22. The van der Waals surface area contributed by atoms with Crippen LogP contribution in [-0.2, 0) is 4.79 Å². The number of anilines is 1. The van der Waals surface area contributed by atoms with Gasteiger partial charge in [-0.15, -0.1) is 24.2 Å². The molecule has 0 bridgehead atoms. The summed E-state index contributed by atoms with van der Waals surface area (Å²) >= 11 is 1.58. The molecule has 8 nitrogen and oxygen atoms in total. The number of fused-ring (bicyclic) bond motifs is 1. The van der Waals surface area contributed by atoms with Crippen molar-refractivity contribution >= 4 is 47.1 Å². The maximum absolute atomic E-state index is 12.4. The lowest BCUT2D eigenvalue weighted by Gasteiger charge is -2.25. The van der Waals surface area contributed by atoms with E-state index in [4.69, 9.17) is 0 Å². The van der Waals surface area contributed by atoms with E-state index >= 15 is 0 Å². The first-order valence-corrected chi connectivity index (χ1v) is 9.04. The zero-order valence-corrected chi connectivity index (χ0v) is 15.2. The summed E-state index contributed by atoms with van der Waals surface area (Å²) in [5.74, 6) is 2.12. The van der Waals surface area contributed by atoms with Crippen LogP contribution in [0.25, 0.3) is 11.2 Å². The van der Waals surface area contributed by atoms with Crippen molar-refractivity contribution in [3.05, 3.63) is 23.8 Å². The Morgan fingerprint density at radius 3 is 3.16 bits per heavy atom. The molecule has 2 aromatic heterocycles. The number of rotatable bonds is 4. The number of aromatic nitrogens is 4. The van der Waals surface area contributed by atoms with Crippen molar-refractivity contribution in [2.24, 2.45) is 5.92 Å². The Morgan fingerprint density at radius 1 is 1.40 bits per heavy atom. The van der Waals surface area contributed by atoms with E-state index in [0.29, 0.717) is 11.6 Å². The lowest BCUT2D eigenvalue weighted by atomic mass is 10.1. The van der Waals surface area contributed by atoms with E-state index in [1.807, 2.05) is 11.1 Å². The summed E-state index contributed by atoms with van der Waals surface area (Å²) in [4.78, 5) is 30.9. The maximum atomic E-state index is 12.4. The standard InChI is InChI=1S/C15H19N7OS.ClH/c23-15(17-6-10-1-2-16-5-10)11-7-22(3-4-24-11)14-12-13(19-8-18-12)20-9-21-14;/h7-10,16H,1-6H2,(H,17,23)(H,18,19,20,21);1H/t10-;/m1./s1. The minimum Gasteiger partial charge on any atom is -0.351 e. The number of amides is 1. The molecule has 0 unspecified atom stereocenters. The van der Waals surface area contributed by atoms with Crippen molar-refractivity contribution in [2.75, 3.05) is 36.8 Å². The van der Waals surface area contributed by atoms with Crippen LogP contribution in [0.4, 0.5) is 5.82 Å². The van der Waals surface area contributed by atoms with Crippen LogP contribution in [-0.4, -0.2) is 57.8 Å². The highest BCUT2D eigenvalue weighted by atomic mass is 35.5. The summed E-state index contributed by atoms with van der Waals surface area (Å²) in [5.41, 5.74) is 1.42. The van der Waals surface area contributed by atoms with Crippen molar-refractivity contribution in [2.45, 2.75) is 6.42 Å². The molecule has 25 heavy (non-hydrogen) atoms. The fourth-order valence-electron chi connectivity index (χ4n) is 2.97. The van der Waals surface area contributed by atoms with Gasteiger partial charge in [-0.2, -0.15) is 0 Å². The fourth-order valence-corrected chi connectivity index (χ4v) is 3.88. The predicted molar refractivity (Wildman–Crippen MR) is 101 cm³/mol. The van der Waals surface area contributed by atoms with Crippen LogP contribution in [0.2, 0.25) is 0 Å². The van der Waals surface area contributed by atoms with Crippen LogP contribution in [0.5, 0.6) is 0 Å². The van der Waals surface area contributed by atoms with Gasteiger partial charge in [0.15, 0.2) is 11.5 Å². The average molecular weight is 382 g/mol. The molecule has 1 fully saturated rings. The molecule has 0 saturated carbocycles. The first kappa shape index (κ1) is 18.0. The molecule has 4 heterocycles. The van der Waals surface area contributed by atoms with E-state index in [-0.39, 0.29) is 18.3 Å². The largest absolute Gasteiger partial charge is 0.351 e. The summed E-state index contributed by atoms with van der Waals surface area (Å²) in [5, 5.41) is 6.37. The third-order valence-electron chi connectivity index (χ3n) is 4.28. The van der Waals surface area contributed by atoms with Gasteiger partial charge in [-0.3, -0.25) is 4.79 Å². The van der Waals surface area contributed by atoms with Crippen LogP contribution in [0.1, 0.15) is 6.42 Å². The number of H-pyrrole nitrogens is 1. The Kier molecular flexibility index (Phi) is 5.77. The third-order valence-corrected chi connectivity index (χ3v) is 5.26. The number of halogens is 1. The molecule has 4 rings (SSSR count). The van der Waals surface area contributed by atoms with Crippen LogP contribution in [0, 0.1) is 5.92 Å². The molecular weight excluding hydrogens is 362 g/mol. The molecule has 0 aliphatic carbocycles. The number of nitrogens with one attached hydrogen (secondary N) is 3. The number of thioether (sulfide) groups is 1. The highest BCUT2D eigenvalue weighted by molar-refractivity contribution is 8.04. The van der Waals surface area contributed by atoms with Gasteiger partial charge in [-0.05, 0) is 25.4 Å². The van der Waals surface area contributed by atoms with E-state index in [1.165, 1.54) is 6.33 Å². The van der Waals surface area contributed by atoms with Crippen molar-refractivity contribution < 1.29 is 4.79 Å². The molecule has 0 radical (unpaired) electrons. The summed E-state index contributed by atoms with van der Waals surface area (Å²) in [6, 6.07) is 0. The van der Waals surface area contributed by atoms with Crippen molar-refractivity contribution in [3.63, 3.8) is 0 Å². The molecule has 1 atom stereocenters. The number of hydrogen-bond donors (Lipinski definition) is 3. The minimum atomic E-state index is -0.00786. The van der Waals surface area contributed by atoms with Crippen molar-refractivity contribution in [1.29, 1.82) is 0 Å². The molecular formula is C15H20ClN7OS. The molecule has 10 heteroatoms. The van der Waals surface area contributed by atoms with E-state index in [0.717, 1.165) is 54.6 Å². The number of imidazole rings is 1. The van der Waals surface area contributed by atoms with Gasteiger partial charge in [0.25, 0.3) is 5.91 Å². The second-order valence-corrected chi connectivity index (χ2v) is 7.04. The number of hydrogen-bond acceptors (Lipinski definition) is 7. The quantitative estimate of drug-likeness (QED) is 0.723. The topological polar surface area (TPSA) is 98.8 Å². The number of carbonyl (C=O) groups is 1. The zero-order chi connectivity index (χ0) is 16.4. The number of nitrogens with zero attached hydrogens (tertiary/aromatic N) is 4. The summed E-state index contributed by atoms with van der Waals surface area (Å²) in [6.07, 6.45) is 6.10. The SMILES string of the molecule is Cl.O=C(NC[C@@H]1CCNC1)C1=CN(c2ncnc3nc[nH]c23)CCS1. The molecule has 0 spiro atoms. The lowest BCUT2D eigenvalue weighted by Crippen LogP contribution is -2.34. The third kappa shape index (κ3) is 3.88. The Balaban J connectivity index is 0.00000182. The lowest BCUT2D eigenvalue weighted by molar-refractivity contribution is -0.117. The van der Waals surface area contributed by atoms with Crippen LogP contribution in [0.15, 0.2) is 23.8 Å². The minimum absolute atomic E-state index is 0. The zero-order valence-electron chi connectivity index (χ0n) is 13.6. The summed E-state index contributed by atoms with van der Waals surface area (Å²) < 4.78 is 0. The number of carbonyl (C=O) groups excluding carboxylic acids is 1.